The summed E-state index contributed by atoms with van der Waals surface area (Å²) in [6, 6.07) is 11.5. The van der Waals surface area contributed by atoms with Gasteiger partial charge in [-0.05, 0) is 68.3 Å². The number of carbonyl (C=O) groups excluding carboxylic acids is 1. The van der Waals surface area contributed by atoms with Crippen molar-refractivity contribution < 1.29 is 14.3 Å². The summed E-state index contributed by atoms with van der Waals surface area (Å²) in [4.78, 5) is 14.7. The van der Waals surface area contributed by atoms with Crippen LogP contribution in [0.1, 0.15) is 18.1 Å². The summed E-state index contributed by atoms with van der Waals surface area (Å²) in [5, 5.41) is 3.62. The van der Waals surface area contributed by atoms with Crippen molar-refractivity contribution in [1.82, 2.24) is 0 Å². The minimum absolute atomic E-state index is 0.195. The molecule has 3 rings (SSSR count). The molecular formula is C21H25ClN2O3. The number of rotatable bonds is 5. The average molecular weight is 389 g/mol. The monoisotopic (exact) mass is 388 g/mol. The van der Waals surface area contributed by atoms with Gasteiger partial charge in [0, 0.05) is 29.5 Å². The van der Waals surface area contributed by atoms with Crippen molar-refractivity contribution in [2.45, 2.75) is 26.9 Å². The van der Waals surface area contributed by atoms with Gasteiger partial charge in [0.2, 0.25) is 0 Å². The maximum atomic E-state index is 12.5. The summed E-state index contributed by atoms with van der Waals surface area (Å²) >= 11 is 6.18. The fourth-order valence-corrected chi connectivity index (χ4v) is 3.16. The summed E-state index contributed by atoms with van der Waals surface area (Å²) in [6.45, 7) is 8.84. The zero-order valence-corrected chi connectivity index (χ0v) is 16.7. The highest BCUT2D eigenvalue weighted by Gasteiger charge is 2.16. The lowest BCUT2D eigenvalue weighted by atomic mass is 10.1. The van der Waals surface area contributed by atoms with Gasteiger partial charge in [-0.3, -0.25) is 4.79 Å². The van der Waals surface area contributed by atoms with Crippen LogP contribution in [0, 0.1) is 13.8 Å². The van der Waals surface area contributed by atoms with E-state index in [9.17, 15) is 4.79 Å². The number of hydrogen-bond donors (Lipinski definition) is 1. The Kier molecular flexibility index (Phi) is 6.24. The Hall–Kier alpha value is -2.24. The SMILES string of the molecule is Cc1cc(O[C@@H](C)C(=O)Nc2ccc(N3CCOCC3)cc2)cc(C)c1Cl. The van der Waals surface area contributed by atoms with Crippen LogP contribution in [0.15, 0.2) is 36.4 Å². The first-order valence-electron chi connectivity index (χ1n) is 9.11. The number of anilines is 2. The number of hydrogen-bond acceptors (Lipinski definition) is 4. The average Bonchev–Trinajstić information content (AvgIpc) is 2.67. The molecular weight excluding hydrogens is 364 g/mol. The number of amides is 1. The van der Waals surface area contributed by atoms with Crippen molar-refractivity contribution in [2.24, 2.45) is 0 Å². The molecule has 0 aromatic heterocycles. The predicted octanol–water partition coefficient (Wildman–Crippen LogP) is 4.20. The summed E-state index contributed by atoms with van der Waals surface area (Å²) in [7, 11) is 0. The van der Waals surface area contributed by atoms with Crippen LogP contribution in [-0.2, 0) is 9.53 Å². The topological polar surface area (TPSA) is 50.8 Å². The van der Waals surface area contributed by atoms with Crippen LogP contribution in [0.3, 0.4) is 0 Å². The Bertz CT molecular complexity index is 779. The minimum Gasteiger partial charge on any atom is -0.481 e. The van der Waals surface area contributed by atoms with Crippen molar-refractivity contribution in [2.75, 3.05) is 36.5 Å². The molecule has 1 heterocycles. The molecule has 5 nitrogen and oxygen atoms in total. The van der Waals surface area contributed by atoms with E-state index in [1.165, 1.54) is 0 Å². The van der Waals surface area contributed by atoms with Gasteiger partial charge in [0.1, 0.15) is 5.75 Å². The maximum Gasteiger partial charge on any atom is 0.265 e. The molecule has 1 saturated heterocycles. The highest BCUT2D eigenvalue weighted by Crippen LogP contribution is 2.26. The third-order valence-electron chi connectivity index (χ3n) is 4.60. The second-order valence-electron chi connectivity index (χ2n) is 6.77. The van der Waals surface area contributed by atoms with Gasteiger partial charge in [0.15, 0.2) is 6.10 Å². The normalized spacial score (nSPS) is 15.3. The molecule has 0 unspecified atom stereocenters. The zero-order valence-electron chi connectivity index (χ0n) is 15.9. The number of morpholine rings is 1. The highest BCUT2D eigenvalue weighted by molar-refractivity contribution is 6.32. The smallest absolute Gasteiger partial charge is 0.265 e. The number of halogens is 1. The fourth-order valence-electron chi connectivity index (χ4n) is 3.05. The van der Waals surface area contributed by atoms with Gasteiger partial charge in [-0.1, -0.05) is 11.6 Å². The van der Waals surface area contributed by atoms with Crippen molar-refractivity contribution in [1.29, 1.82) is 0 Å². The van der Waals surface area contributed by atoms with Crippen molar-refractivity contribution in [3.63, 3.8) is 0 Å². The first-order valence-corrected chi connectivity index (χ1v) is 9.49. The maximum absolute atomic E-state index is 12.5. The van der Waals surface area contributed by atoms with Crippen LogP contribution in [0.25, 0.3) is 0 Å². The Morgan fingerprint density at radius 2 is 1.74 bits per heavy atom. The molecule has 2 aromatic carbocycles. The summed E-state index contributed by atoms with van der Waals surface area (Å²) in [5.41, 5.74) is 3.74. The first-order chi connectivity index (χ1) is 12.9. The molecule has 144 valence electrons. The van der Waals surface area contributed by atoms with Crippen LogP contribution in [0.4, 0.5) is 11.4 Å². The number of ether oxygens (including phenoxy) is 2. The lowest BCUT2D eigenvalue weighted by molar-refractivity contribution is -0.122. The summed E-state index contributed by atoms with van der Waals surface area (Å²) in [6.07, 6.45) is -0.621. The van der Waals surface area contributed by atoms with E-state index in [4.69, 9.17) is 21.1 Å². The Morgan fingerprint density at radius 1 is 1.15 bits per heavy atom. The van der Waals surface area contributed by atoms with E-state index >= 15 is 0 Å². The molecule has 0 bridgehead atoms. The molecule has 1 N–H and O–H groups in total. The van der Waals surface area contributed by atoms with Crippen LogP contribution < -0.4 is 15.0 Å². The summed E-state index contributed by atoms with van der Waals surface area (Å²) in [5.74, 6) is 0.444. The standard InChI is InChI=1S/C21H25ClN2O3/c1-14-12-19(13-15(2)20(14)22)27-16(3)21(25)23-17-4-6-18(7-5-17)24-8-10-26-11-9-24/h4-7,12-13,16H,8-11H2,1-3H3,(H,23,25)/t16-/m0/s1. The van der Waals surface area contributed by atoms with E-state index in [-0.39, 0.29) is 5.91 Å². The van der Waals surface area contributed by atoms with Gasteiger partial charge in [0.05, 0.1) is 13.2 Å². The third-order valence-corrected chi connectivity index (χ3v) is 5.20. The number of carbonyl (C=O) groups is 1. The molecule has 1 aliphatic heterocycles. The van der Waals surface area contributed by atoms with Gasteiger partial charge in [-0.2, -0.15) is 0 Å². The molecule has 1 amide bonds. The second kappa shape index (κ2) is 8.63. The predicted molar refractivity (Wildman–Crippen MR) is 109 cm³/mol. The molecule has 27 heavy (non-hydrogen) atoms. The van der Waals surface area contributed by atoms with E-state index in [0.717, 1.165) is 53.8 Å². The Balaban J connectivity index is 1.59. The molecule has 6 heteroatoms. The number of aryl methyl sites for hydroxylation is 2. The van der Waals surface area contributed by atoms with E-state index in [1.807, 2.05) is 50.2 Å². The van der Waals surface area contributed by atoms with E-state index in [1.54, 1.807) is 6.92 Å². The molecule has 0 radical (unpaired) electrons. The fraction of sp³-hybridized carbons (Fsp3) is 0.381. The molecule has 1 atom stereocenters. The molecule has 2 aromatic rings. The lowest BCUT2D eigenvalue weighted by Crippen LogP contribution is -2.36. The van der Waals surface area contributed by atoms with Crippen LogP contribution in [-0.4, -0.2) is 38.3 Å². The van der Waals surface area contributed by atoms with Crippen molar-refractivity contribution in [3.8, 4) is 5.75 Å². The van der Waals surface area contributed by atoms with Crippen molar-refractivity contribution in [3.05, 3.63) is 52.5 Å². The first kappa shape index (κ1) is 19.5. The van der Waals surface area contributed by atoms with E-state index in [0.29, 0.717) is 5.75 Å². The number of nitrogens with one attached hydrogen (secondary N) is 1. The Morgan fingerprint density at radius 3 is 2.33 bits per heavy atom. The largest absolute Gasteiger partial charge is 0.481 e. The van der Waals surface area contributed by atoms with Gasteiger partial charge in [0.25, 0.3) is 5.91 Å². The lowest BCUT2D eigenvalue weighted by Gasteiger charge is -2.29. The number of nitrogens with zero attached hydrogens (tertiary/aromatic N) is 1. The molecule has 0 saturated carbocycles. The van der Waals surface area contributed by atoms with Crippen LogP contribution in [0.2, 0.25) is 5.02 Å². The van der Waals surface area contributed by atoms with Gasteiger partial charge >= 0.3 is 0 Å². The second-order valence-corrected chi connectivity index (χ2v) is 7.14. The highest BCUT2D eigenvalue weighted by atomic mass is 35.5. The van der Waals surface area contributed by atoms with E-state index in [2.05, 4.69) is 10.2 Å². The number of benzene rings is 2. The molecule has 1 fully saturated rings. The van der Waals surface area contributed by atoms with Gasteiger partial charge in [-0.15, -0.1) is 0 Å². The van der Waals surface area contributed by atoms with Gasteiger partial charge < -0.3 is 19.7 Å². The van der Waals surface area contributed by atoms with Crippen LogP contribution in [0.5, 0.6) is 5.75 Å². The zero-order chi connectivity index (χ0) is 19.4. The van der Waals surface area contributed by atoms with Crippen molar-refractivity contribution >= 4 is 28.9 Å². The molecule has 0 aliphatic carbocycles. The third kappa shape index (κ3) is 4.93. The van der Waals surface area contributed by atoms with Crippen LogP contribution >= 0.6 is 11.6 Å². The van der Waals surface area contributed by atoms with Gasteiger partial charge in [-0.25, -0.2) is 0 Å². The minimum atomic E-state index is -0.621. The molecule has 0 spiro atoms. The van der Waals surface area contributed by atoms with E-state index < -0.39 is 6.10 Å². The summed E-state index contributed by atoms with van der Waals surface area (Å²) < 4.78 is 11.2. The quantitative estimate of drug-likeness (QED) is 0.834. The Labute approximate surface area is 165 Å². The molecule has 1 aliphatic rings.